The average Bonchev–Trinajstić information content (AvgIpc) is 3.20. The first kappa shape index (κ1) is 21.6. The Bertz CT molecular complexity index is 1190. The Kier molecular flexibility index (Phi) is 6.17. The standard InChI is InChI=1S/C26H26N2OS2/c1-26(2,3)20-12-10-19(11-13-20)24(29)28(17-18-8-6-5-7-9-18)25-27-22-15-14-21(30-4)16-23(22)31-25/h5-16H,17H2,1-4H3. The lowest BCUT2D eigenvalue weighted by molar-refractivity contribution is 0.0985. The molecule has 0 spiro atoms. The molecule has 0 saturated heterocycles. The largest absolute Gasteiger partial charge is 0.279 e. The van der Waals surface area contributed by atoms with Crippen molar-refractivity contribution in [1.29, 1.82) is 0 Å². The fraction of sp³-hybridized carbons (Fsp3) is 0.231. The highest BCUT2D eigenvalue weighted by Gasteiger charge is 2.23. The molecule has 0 unspecified atom stereocenters. The van der Waals surface area contributed by atoms with E-state index in [4.69, 9.17) is 4.98 Å². The fourth-order valence-electron chi connectivity index (χ4n) is 3.40. The number of fused-ring (bicyclic) bond motifs is 1. The van der Waals surface area contributed by atoms with Crippen molar-refractivity contribution in [3.8, 4) is 0 Å². The number of hydrogen-bond acceptors (Lipinski definition) is 4. The van der Waals surface area contributed by atoms with Crippen molar-refractivity contribution >= 4 is 44.4 Å². The van der Waals surface area contributed by atoms with Crippen molar-refractivity contribution in [2.75, 3.05) is 11.2 Å². The van der Waals surface area contributed by atoms with Gasteiger partial charge in [-0.05, 0) is 53.1 Å². The van der Waals surface area contributed by atoms with Crippen LogP contribution >= 0.6 is 23.1 Å². The molecule has 0 bridgehead atoms. The zero-order valence-corrected chi connectivity index (χ0v) is 19.9. The molecule has 4 aromatic rings. The molecule has 0 N–H and O–H groups in total. The third kappa shape index (κ3) is 4.83. The third-order valence-electron chi connectivity index (χ3n) is 5.24. The first-order valence-corrected chi connectivity index (χ1v) is 12.3. The number of carbonyl (C=O) groups excluding carboxylic acids is 1. The summed E-state index contributed by atoms with van der Waals surface area (Å²) in [6.07, 6.45) is 2.07. The lowest BCUT2D eigenvalue weighted by atomic mass is 9.86. The average molecular weight is 447 g/mol. The second-order valence-electron chi connectivity index (χ2n) is 8.53. The van der Waals surface area contributed by atoms with Crippen LogP contribution in [-0.2, 0) is 12.0 Å². The summed E-state index contributed by atoms with van der Waals surface area (Å²) in [6, 6.07) is 24.3. The van der Waals surface area contributed by atoms with Crippen LogP contribution in [0.2, 0.25) is 0 Å². The van der Waals surface area contributed by atoms with Crippen LogP contribution in [0.5, 0.6) is 0 Å². The number of rotatable bonds is 5. The Hall–Kier alpha value is -2.63. The molecule has 0 radical (unpaired) electrons. The van der Waals surface area contributed by atoms with E-state index in [2.05, 4.69) is 51.3 Å². The van der Waals surface area contributed by atoms with Crippen LogP contribution in [0.4, 0.5) is 5.13 Å². The van der Waals surface area contributed by atoms with Gasteiger partial charge in [0, 0.05) is 10.5 Å². The van der Waals surface area contributed by atoms with Crippen LogP contribution in [0.1, 0.15) is 42.3 Å². The highest BCUT2D eigenvalue weighted by molar-refractivity contribution is 7.98. The summed E-state index contributed by atoms with van der Waals surface area (Å²) in [5.41, 5.74) is 3.93. The Balaban J connectivity index is 1.73. The van der Waals surface area contributed by atoms with Crippen LogP contribution in [0.15, 0.2) is 77.7 Å². The molecule has 0 atom stereocenters. The first-order chi connectivity index (χ1) is 14.8. The molecule has 0 aliphatic heterocycles. The van der Waals surface area contributed by atoms with Gasteiger partial charge in [0.1, 0.15) is 0 Å². The quantitative estimate of drug-likeness (QED) is 0.305. The summed E-state index contributed by atoms with van der Waals surface area (Å²) in [5.74, 6) is -0.0338. The maximum absolute atomic E-state index is 13.6. The van der Waals surface area contributed by atoms with Crippen molar-refractivity contribution in [3.05, 3.63) is 89.5 Å². The topological polar surface area (TPSA) is 33.2 Å². The fourth-order valence-corrected chi connectivity index (χ4v) is 4.91. The molecule has 1 heterocycles. The molecule has 0 aliphatic rings. The second kappa shape index (κ2) is 8.85. The van der Waals surface area contributed by atoms with Crippen molar-refractivity contribution in [2.24, 2.45) is 0 Å². The SMILES string of the molecule is CSc1ccc2nc(N(Cc3ccccc3)C(=O)c3ccc(C(C)(C)C)cc3)sc2c1. The van der Waals surface area contributed by atoms with Crippen molar-refractivity contribution in [2.45, 2.75) is 37.6 Å². The minimum Gasteiger partial charge on any atom is -0.279 e. The number of aromatic nitrogens is 1. The molecule has 0 saturated carbocycles. The number of nitrogens with zero attached hydrogens (tertiary/aromatic N) is 2. The van der Waals surface area contributed by atoms with Crippen LogP contribution in [0.3, 0.4) is 0 Å². The summed E-state index contributed by atoms with van der Waals surface area (Å²) in [5, 5.41) is 0.724. The molecule has 0 aliphatic carbocycles. The van der Waals surface area contributed by atoms with Gasteiger partial charge in [-0.1, -0.05) is 74.6 Å². The van der Waals surface area contributed by atoms with E-state index in [0.29, 0.717) is 12.1 Å². The molecule has 3 aromatic carbocycles. The van der Waals surface area contributed by atoms with Gasteiger partial charge in [0.15, 0.2) is 5.13 Å². The number of hydrogen-bond donors (Lipinski definition) is 0. The van der Waals surface area contributed by atoms with E-state index in [1.165, 1.54) is 10.5 Å². The summed E-state index contributed by atoms with van der Waals surface area (Å²) < 4.78 is 1.09. The van der Waals surface area contributed by atoms with Crippen molar-refractivity contribution in [3.63, 3.8) is 0 Å². The van der Waals surface area contributed by atoms with Crippen LogP contribution in [-0.4, -0.2) is 17.1 Å². The van der Waals surface area contributed by atoms with E-state index in [1.54, 1.807) is 28.0 Å². The van der Waals surface area contributed by atoms with E-state index in [1.807, 2.05) is 48.5 Å². The number of anilines is 1. The second-order valence-corrected chi connectivity index (χ2v) is 10.4. The predicted octanol–water partition coefficient (Wildman–Crippen LogP) is 7.16. The Morgan fingerprint density at radius 2 is 1.71 bits per heavy atom. The molecular weight excluding hydrogens is 420 g/mol. The van der Waals surface area contributed by atoms with E-state index >= 15 is 0 Å². The minimum atomic E-state index is -0.0338. The smallest absolute Gasteiger partial charge is 0.260 e. The van der Waals surface area contributed by atoms with Gasteiger partial charge in [-0.15, -0.1) is 11.8 Å². The molecule has 4 rings (SSSR count). The van der Waals surface area contributed by atoms with Gasteiger partial charge < -0.3 is 0 Å². The van der Waals surface area contributed by atoms with Gasteiger partial charge in [-0.3, -0.25) is 9.69 Å². The Morgan fingerprint density at radius 1 is 1.00 bits per heavy atom. The van der Waals surface area contributed by atoms with Gasteiger partial charge in [-0.25, -0.2) is 4.98 Å². The lowest BCUT2D eigenvalue weighted by Crippen LogP contribution is -2.30. The van der Waals surface area contributed by atoms with Crippen LogP contribution < -0.4 is 4.90 Å². The molecule has 1 amide bonds. The molecule has 0 fully saturated rings. The van der Waals surface area contributed by atoms with E-state index in [0.717, 1.165) is 20.9 Å². The molecule has 1 aromatic heterocycles. The molecular formula is C26H26N2OS2. The zero-order valence-electron chi connectivity index (χ0n) is 18.3. The van der Waals surface area contributed by atoms with E-state index in [-0.39, 0.29) is 11.3 Å². The van der Waals surface area contributed by atoms with Gasteiger partial charge in [-0.2, -0.15) is 0 Å². The molecule has 158 valence electrons. The first-order valence-electron chi connectivity index (χ1n) is 10.3. The number of amides is 1. The summed E-state index contributed by atoms with van der Waals surface area (Å²) in [4.78, 5) is 21.4. The minimum absolute atomic E-state index is 0.0338. The third-order valence-corrected chi connectivity index (χ3v) is 7.01. The van der Waals surface area contributed by atoms with Crippen molar-refractivity contribution < 1.29 is 4.79 Å². The van der Waals surface area contributed by atoms with Gasteiger partial charge >= 0.3 is 0 Å². The van der Waals surface area contributed by atoms with Crippen LogP contribution in [0.25, 0.3) is 10.2 Å². The number of carbonyl (C=O) groups is 1. The normalized spacial score (nSPS) is 11.6. The van der Waals surface area contributed by atoms with Crippen molar-refractivity contribution in [1.82, 2.24) is 4.98 Å². The zero-order chi connectivity index (χ0) is 22.0. The van der Waals surface area contributed by atoms with E-state index in [9.17, 15) is 4.79 Å². The summed E-state index contributed by atoms with van der Waals surface area (Å²) in [6.45, 7) is 7.01. The van der Waals surface area contributed by atoms with Gasteiger partial charge in [0.25, 0.3) is 5.91 Å². The molecule has 5 heteroatoms. The van der Waals surface area contributed by atoms with Gasteiger partial charge in [0.2, 0.25) is 0 Å². The number of benzene rings is 3. The maximum Gasteiger partial charge on any atom is 0.260 e. The highest BCUT2D eigenvalue weighted by atomic mass is 32.2. The Morgan fingerprint density at radius 3 is 2.35 bits per heavy atom. The van der Waals surface area contributed by atoms with Crippen LogP contribution in [0, 0.1) is 0 Å². The van der Waals surface area contributed by atoms with E-state index < -0.39 is 0 Å². The molecule has 3 nitrogen and oxygen atoms in total. The predicted molar refractivity (Wildman–Crippen MR) is 133 cm³/mol. The summed E-state index contributed by atoms with van der Waals surface area (Å²) in [7, 11) is 0. The maximum atomic E-state index is 13.6. The number of thioether (sulfide) groups is 1. The lowest BCUT2D eigenvalue weighted by Gasteiger charge is -2.22. The highest BCUT2D eigenvalue weighted by Crippen LogP contribution is 2.33. The Labute approximate surface area is 192 Å². The number of thiazole rings is 1. The molecule has 31 heavy (non-hydrogen) atoms. The van der Waals surface area contributed by atoms with Gasteiger partial charge in [0.05, 0.1) is 16.8 Å². The summed E-state index contributed by atoms with van der Waals surface area (Å²) >= 11 is 3.27. The monoisotopic (exact) mass is 446 g/mol.